The smallest absolute Gasteiger partial charge is 0.250 e. The van der Waals surface area contributed by atoms with Crippen molar-refractivity contribution in [3.8, 4) is 11.5 Å². The van der Waals surface area contributed by atoms with Crippen molar-refractivity contribution in [1.82, 2.24) is 10.1 Å². The van der Waals surface area contributed by atoms with Crippen LogP contribution in [-0.2, 0) is 5.54 Å². The highest BCUT2D eigenvalue weighted by atomic mass is 35.5. The molecule has 1 heterocycles. The van der Waals surface area contributed by atoms with Crippen LogP contribution in [0.2, 0.25) is 5.02 Å². The summed E-state index contributed by atoms with van der Waals surface area (Å²) in [7, 11) is 1.56. The van der Waals surface area contributed by atoms with E-state index in [4.69, 9.17) is 31.3 Å². The number of nitrogens with two attached hydrogens (primary N) is 1. The zero-order valence-electron chi connectivity index (χ0n) is 14.4. The van der Waals surface area contributed by atoms with Crippen molar-refractivity contribution in [3.63, 3.8) is 0 Å². The summed E-state index contributed by atoms with van der Waals surface area (Å²) in [6, 6.07) is 3.64. The molecule has 134 valence electrons. The number of aromatic nitrogens is 2. The Morgan fingerprint density at radius 3 is 2.76 bits per heavy atom. The van der Waals surface area contributed by atoms with Gasteiger partial charge in [0.15, 0.2) is 17.3 Å². The molecule has 1 saturated carbocycles. The second-order valence-corrected chi connectivity index (χ2v) is 6.53. The zero-order valence-corrected chi connectivity index (χ0v) is 15.2. The number of benzene rings is 1. The third-order valence-electron chi connectivity index (χ3n) is 4.34. The molecule has 3 rings (SSSR count). The molecule has 25 heavy (non-hydrogen) atoms. The molecule has 0 saturated heterocycles. The molecule has 2 N–H and O–H groups in total. The predicted molar refractivity (Wildman–Crippen MR) is 96.7 cm³/mol. The van der Waals surface area contributed by atoms with Crippen LogP contribution in [0.25, 0.3) is 12.2 Å². The standard InChI is InChI=1S/C18H22ClN3O3/c1-3-24-14-11-12(10-13(19)16(14)23-2)6-7-15-21-17(22-25-15)18(20)8-4-5-9-18/h6-7,10-11H,3-5,8-9,20H2,1-2H3/b7-6+. The van der Waals surface area contributed by atoms with Crippen molar-refractivity contribution >= 4 is 23.8 Å². The second-order valence-electron chi connectivity index (χ2n) is 6.12. The van der Waals surface area contributed by atoms with Crippen molar-refractivity contribution in [3.05, 3.63) is 34.4 Å². The Kier molecular flexibility index (Phi) is 5.30. The molecule has 0 bridgehead atoms. The maximum atomic E-state index is 6.35. The maximum Gasteiger partial charge on any atom is 0.250 e. The first-order chi connectivity index (χ1) is 12.1. The fourth-order valence-electron chi connectivity index (χ4n) is 3.05. The van der Waals surface area contributed by atoms with Gasteiger partial charge in [-0.1, -0.05) is 29.6 Å². The monoisotopic (exact) mass is 363 g/mol. The molecule has 2 aromatic rings. The van der Waals surface area contributed by atoms with Crippen molar-refractivity contribution in [2.75, 3.05) is 13.7 Å². The molecule has 1 aromatic heterocycles. The Bertz CT molecular complexity index is 767. The molecule has 0 spiro atoms. The van der Waals surface area contributed by atoms with Gasteiger partial charge in [-0.15, -0.1) is 0 Å². The number of methoxy groups -OCH3 is 1. The fourth-order valence-corrected chi connectivity index (χ4v) is 3.34. The minimum atomic E-state index is -0.457. The first-order valence-corrected chi connectivity index (χ1v) is 8.75. The summed E-state index contributed by atoms with van der Waals surface area (Å²) in [6.07, 6.45) is 7.55. The molecule has 0 radical (unpaired) electrons. The van der Waals surface area contributed by atoms with Gasteiger partial charge in [-0.3, -0.25) is 0 Å². The molecule has 0 amide bonds. The minimum Gasteiger partial charge on any atom is -0.491 e. The van der Waals surface area contributed by atoms with E-state index in [9.17, 15) is 0 Å². The lowest BCUT2D eigenvalue weighted by atomic mass is 9.99. The van der Waals surface area contributed by atoms with E-state index in [0.717, 1.165) is 31.2 Å². The van der Waals surface area contributed by atoms with E-state index in [1.807, 2.05) is 19.1 Å². The van der Waals surface area contributed by atoms with Crippen LogP contribution < -0.4 is 15.2 Å². The van der Waals surface area contributed by atoms with Crippen LogP contribution in [0.1, 0.15) is 49.9 Å². The Morgan fingerprint density at radius 2 is 2.08 bits per heavy atom. The number of rotatable bonds is 6. The molecule has 1 aliphatic rings. The van der Waals surface area contributed by atoms with Gasteiger partial charge < -0.3 is 19.7 Å². The van der Waals surface area contributed by atoms with Crippen molar-refractivity contribution < 1.29 is 14.0 Å². The average Bonchev–Trinajstić information content (AvgIpc) is 3.23. The molecule has 6 nitrogen and oxygen atoms in total. The highest BCUT2D eigenvalue weighted by Crippen LogP contribution is 2.37. The van der Waals surface area contributed by atoms with Crippen LogP contribution in [0.3, 0.4) is 0 Å². The Morgan fingerprint density at radius 1 is 1.32 bits per heavy atom. The van der Waals surface area contributed by atoms with Gasteiger partial charge >= 0.3 is 0 Å². The predicted octanol–water partition coefficient (Wildman–Crippen LogP) is 4.03. The summed E-state index contributed by atoms with van der Waals surface area (Å²) in [5.41, 5.74) is 6.74. The van der Waals surface area contributed by atoms with Gasteiger partial charge in [0.2, 0.25) is 0 Å². The fraction of sp³-hybridized carbons (Fsp3) is 0.444. The summed E-state index contributed by atoms with van der Waals surface area (Å²) in [6.45, 7) is 2.42. The molecule has 7 heteroatoms. The van der Waals surface area contributed by atoms with E-state index in [1.54, 1.807) is 19.3 Å². The number of ether oxygens (including phenoxy) is 2. The lowest BCUT2D eigenvalue weighted by molar-refractivity contribution is 0.311. The maximum absolute atomic E-state index is 6.35. The number of hydrogen-bond donors (Lipinski definition) is 1. The second kappa shape index (κ2) is 7.45. The number of hydrogen-bond acceptors (Lipinski definition) is 6. The molecule has 0 unspecified atom stereocenters. The molecular formula is C18H22ClN3O3. The molecule has 1 aliphatic carbocycles. The van der Waals surface area contributed by atoms with Crippen LogP contribution in [0.5, 0.6) is 11.5 Å². The molecule has 1 fully saturated rings. The topological polar surface area (TPSA) is 83.4 Å². The summed E-state index contributed by atoms with van der Waals surface area (Å²) in [4.78, 5) is 4.42. The zero-order chi connectivity index (χ0) is 17.9. The lowest BCUT2D eigenvalue weighted by Gasteiger charge is -2.17. The van der Waals surface area contributed by atoms with Gasteiger partial charge in [-0.2, -0.15) is 4.98 Å². The quantitative estimate of drug-likeness (QED) is 0.834. The van der Waals surface area contributed by atoms with Gasteiger partial charge in [0.05, 0.1) is 24.3 Å². The van der Waals surface area contributed by atoms with Crippen LogP contribution >= 0.6 is 11.6 Å². The lowest BCUT2D eigenvalue weighted by Crippen LogP contribution is -2.34. The van der Waals surface area contributed by atoms with E-state index >= 15 is 0 Å². The number of halogens is 1. The van der Waals surface area contributed by atoms with Crippen molar-refractivity contribution in [1.29, 1.82) is 0 Å². The first kappa shape index (κ1) is 17.8. The van der Waals surface area contributed by atoms with Gasteiger partial charge in [-0.25, -0.2) is 0 Å². The highest BCUT2D eigenvalue weighted by Gasteiger charge is 2.35. The Labute approximate surface area is 151 Å². The molecule has 0 aliphatic heterocycles. The van der Waals surface area contributed by atoms with Crippen molar-refractivity contribution in [2.45, 2.75) is 38.1 Å². The van der Waals surface area contributed by atoms with Crippen LogP contribution in [0, 0.1) is 0 Å². The van der Waals surface area contributed by atoms with E-state index in [2.05, 4.69) is 10.1 Å². The van der Waals surface area contributed by atoms with E-state index < -0.39 is 5.54 Å². The molecular weight excluding hydrogens is 342 g/mol. The molecule has 1 aromatic carbocycles. The van der Waals surface area contributed by atoms with Crippen LogP contribution in [0.15, 0.2) is 16.7 Å². The average molecular weight is 364 g/mol. The van der Waals surface area contributed by atoms with E-state index in [1.165, 1.54) is 0 Å². The summed E-state index contributed by atoms with van der Waals surface area (Å²) < 4.78 is 16.2. The Balaban J connectivity index is 1.81. The van der Waals surface area contributed by atoms with E-state index in [-0.39, 0.29) is 0 Å². The van der Waals surface area contributed by atoms with Gasteiger partial charge in [0, 0.05) is 6.08 Å². The third kappa shape index (κ3) is 3.80. The van der Waals surface area contributed by atoms with Crippen molar-refractivity contribution in [2.24, 2.45) is 5.73 Å². The third-order valence-corrected chi connectivity index (χ3v) is 4.62. The highest BCUT2D eigenvalue weighted by molar-refractivity contribution is 6.32. The van der Waals surface area contributed by atoms with Gasteiger partial charge in [-0.05, 0) is 43.5 Å². The number of nitrogens with zero attached hydrogens (tertiary/aromatic N) is 2. The summed E-state index contributed by atoms with van der Waals surface area (Å²) in [5.74, 6) is 2.10. The van der Waals surface area contributed by atoms with Crippen LogP contribution in [-0.4, -0.2) is 23.9 Å². The van der Waals surface area contributed by atoms with Gasteiger partial charge in [0.1, 0.15) is 0 Å². The largest absolute Gasteiger partial charge is 0.491 e. The van der Waals surface area contributed by atoms with Gasteiger partial charge in [0.25, 0.3) is 5.89 Å². The van der Waals surface area contributed by atoms with Crippen LogP contribution in [0.4, 0.5) is 0 Å². The SMILES string of the molecule is CCOc1cc(/C=C/c2nc(C3(N)CCCC3)no2)cc(Cl)c1OC. The molecule has 0 atom stereocenters. The first-order valence-electron chi connectivity index (χ1n) is 8.37. The Hall–Kier alpha value is -2.05. The summed E-state index contributed by atoms with van der Waals surface area (Å²) >= 11 is 6.25. The normalized spacial score (nSPS) is 16.5. The minimum absolute atomic E-state index is 0.414. The van der Waals surface area contributed by atoms with E-state index in [0.29, 0.717) is 34.8 Å². The summed E-state index contributed by atoms with van der Waals surface area (Å²) in [5, 5.41) is 4.52.